The Kier molecular flexibility index (Phi) is 2.96. The Labute approximate surface area is 111 Å². The summed E-state index contributed by atoms with van der Waals surface area (Å²) in [6.45, 7) is 7.24. The van der Waals surface area contributed by atoms with Crippen molar-refractivity contribution < 1.29 is 14.4 Å². The van der Waals surface area contributed by atoms with Gasteiger partial charge < -0.3 is 14.4 Å². The Morgan fingerprint density at radius 1 is 1.21 bits per heavy atom. The number of hydrogen-bond acceptors (Lipinski definition) is 3. The van der Waals surface area contributed by atoms with Crippen molar-refractivity contribution in [3.05, 3.63) is 59.4 Å². The molecule has 2 aromatic rings. The molecule has 3 rings (SSSR count). The van der Waals surface area contributed by atoms with Crippen molar-refractivity contribution in [2.24, 2.45) is 0 Å². The van der Waals surface area contributed by atoms with Crippen LogP contribution in [0.2, 0.25) is 0 Å². The predicted octanol–water partition coefficient (Wildman–Crippen LogP) is 2.25. The summed E-state index contributed by atoms with van der Waals surface area (Å²) in [6, 6.07) is 12.4. The third-order valence-electron chi connectivity index (χ3n) is 3.01. The molecule has 0 spiro atoms. The van der Waals surface area contributed by atoms with E-state index in [2.05, 4.69) is 4.85 Å². The molecule has 0 saturated heterocycles. The van der Waals surface area contributed by atoms with Crippen LogP contribution in [0.25, 0.3) is 4.85 Å². The zero-order valence-corrected chi connectivity index (χ0v) is 10.0. The Hall–Kier alpha value is -2.29. The van der Waals surface area contributed by atoms with Gasteiger partial charge in [-0.15, -0.1) is 0 Å². The smallest absolute Gasteiger partial charge is 0.457 e. The summed E-state index contributed by atoms with van der Waals surface area (Å²) in [4.78, 5) is 3.33. The van der Waals surface area contributed by atoms with Crippen molar-refractivity contribution in [2.45, 2.75) is 6.61 Å². The van der Waals surface area contributed by atoms with E-state index in [9.17, 15) is 5.02 Å². The minimum absolute atomic E-state index is 0.340. The van der Waals surface area contributed by atoms with Gasteiger partial charge in [0.05, 0.1) is 13.2 Å². The number of nitrogens with zero attached hydrogens (tertiary/aromatic N) is 1. The zero-order chi connectivity index (χ0) is 13.2. The van der Waals surface area contributed by atoms with Gasteiger partial charge >= 0.3 is 7.12 Å². The maximum atomic E-state index is 9.63. The third-order valence-corrected chi connectivity index (χ3v) is 3.01. The van der Waals surface area contributed by atoms with Gasteiger partial charge in [-0.25, -0.2) is 4.85 Å². The molecule has 0 radical (unpaired) electrons. The van der Waals surface area contributed by atoms with Gasteiger partial charge in [-0.3, -0.25) is 0 Å². The zero-order valence-electron chi connectivity index (χ0n) is 10.0. The number of rotatable bonds is 2. The van der Waals surface area contributed by atoms with Crippen LogP contribution in [0, 0.1) is 6.57 Å². The second kappa shape index (κ2) is 4.77. The average molecular weight is 251 g/mol. The first kappa shape index (κ1) is 11.8. The van der Waals surface area contributed by atoms with E-state index in [4.69, 9.17) is 16.0 Å². The van der Waals surface area contributed by atoms with Crippen molar-refractivity contribution in [1.29, 1.82) is 0 Å². The third kappa shape index (κ3) is 2.19. The summed E-state index contributed by atoms with van der Waals surface area (Å²) in [5.74, 6) is 1.33. The molecular weight excluding hydrogens is 241 g/mol. The molecule has 0 atom stereocenters. The van der Waals surface area contributed by atoms with Crippen molar-refractivity contribution >= 4 is 18.3 Å². The van der Waals surface area contributed by atoms with Crippen LogP contribution in [0.15, 0.2) is 42.5 Å². The maximum absolute atomic E-state index is 9.63. The number of hydrogen-bond donors (Lipinski definition) is 1. The second-order valence-electron chi connectivity index (χ2n) is 4.20. The van der Waals surface area contributed by atoms with Crippen LogP contribution in [0.1, 0.15) is 5.56 Å². The van der Waals surface area contributed by atoms with Crippen LogP contribution >= 0.6 is 0 Å². The highest BCUT2D eigenvalue weighted by Crippen LogP contribution is 2.28. The van der Waals surface area contributed by atoms with Crippen LogP contribution in [0.4, 0.5) is 5.69 Å². The van der Waals surface area contributed by atoms with Crippen LogP contribution in [-0.4, -0.2) is 12.1 Å². The van der Waals surface area contributed by atoms with E-state index in [1.165, 1.54) is 0 Å². The number of fused-ring (bicyclic) bond motifs is 1. The van der Waals surface area contributed by atoms with Crippen LogP contribution in [0.5, 0.6) is 11.5 Å². The molecule has 0 unspecified atom stereocenters. The normalized spacial score (nSPS) is 12.9. The fourth-order valence-electron chi connectivity index (χ4n) is 2.03. The van der Waals surface area contributed by atoms with Gasteiger partial charge in [-0.05, 0) is 23.7 Å². The standard InChI is InChI=1S/C14H10BNO3/c1-16-10-5-7-11(8-6-10)19-14-4-2-3-13-12(14)9-18-15(13)17/h2-8,17H,9H2. The van der Waals surface area contributed by atoms with Gasteiger partial charge in [-0.1, -0.05) is 24.3 Å². The highest BCUT2D eigenvalue weighted by atomic mass is 16.5. The lowest BCUT2D eigenvalue weighted by atomic mass is 9.79. The predicted molar refractivity (Wildman–Crippen MR) is 71.6 cm³/mol. The molecular formula is C14H10BNO3. The van der Waals surface area contributed by atoms with E-state index >= 15 is 0 Å². The van der Waals surface area contributed by atoms with Crippen molar-refractivity contribution in [1.82, 2.24) is 0 Å². The van der Waals surface area contributed by atoms with Gasteiger partial charge in [0.15, 0.2) is 5.69 Å². The molecule has 1 N–H and O–H groups in total. The van der Waals surface area contributed by atoms with Gasteiger partial charge in [0.2, 0.25) is 0 Å². The summed E-state index contributed by atoms with van der Waals surface area (Å²) in [6.07, 6.45) is 0. The summed E-state index contributed by atoms with van der Waals surface area (Å²) >= 11 is 0. The van der Waals surface area contributed by atoms with Gasteiger partial charge in [-0.2, -0.15) is 0 Å². The van der Waals surface area contributed by atoms with E-state index in [1.807, 2.05) is 18.2 Å². The fraction of sp³-hybridized carbons (Fsp3) is 0.0714. The molecule has 92 valence electrons. The molecule has 1 aliphatic heterocycles. The highest BCUT2D eigenvalue weighted by molar-refractivity contribution is 6.61. The Morgan fingerprint density at radius 3 is 2.74 bits per heavy atom. The second-order valence-corrected chi connectivity index (χ2v) is 4.20. The minimum atomic E-state index is -0.872. The molecule has 1 aliphatic rings. The Morgan fingerprint density at radius 2 is 2.00 bits per heavy atom. The Bertz CT molecular complexity index is 649. The first-order chi connectivity index (χ1) is 9.28. The maximum Gasteiger partial charge on any atom is 0.491 e. The molecule has 0 aliphatic carbocycles. The van der Waals surface area contributed by atoms with E-state index in [0.29, 0.717) is 23.8 Å². The molecule has 0 bridgehead atoms. The minimum Gasteiger partial charge on any atom is -0.457 e. The SMILES string of the molecule is [C-]#[N+]c1ccc(Oc2cccc3c2COB3O)cc1. The van der Waals surface area contributed by atoms with Gasteiger partial charge in [0.25, 0.3) is 0 Å². The average Bonchev–Trinajstić information content (AvgIpc) is 2.83. The van der Waals surface area contributed by atoms with Crippen molar-refractivity contribution in [2.75, 3.05) is 0 Å². The van der Waals surface area contributed by atoms with E-state index in [-0.39, 0.29) is 0 Å². The summed E-state index contributed by atoms with van der Waals surface area (Å²) in [5.41, 5.74) is 2.18. The molecule has 2 aromatic carbocycles. The first-order valence-electron chi connectivity index (χ1n) is 5.85. The molecule has 19 heavy (non-hydrogen) atoms. The van der Waals surface area contributed by atoms with Crippen molar-refractivity contribution in [3.8, 4) is 11.5 Å². The molecule has 4 nitrogen and oxygen atoms in total. The van der Waals surface area contributed by atoms with Crippen LogP contribution < -0.4 is 10.2 Å². The van der Waals surface area contributed by atoms with Gasteiger partial charge in [0, 0.05) is 5.56 Å². The molecule has 0 fully saturated rings. The fourth-order valence-corrected chi connectivity index (χ4v) is 2.03. The first-order valence-corrected chi connectivity index (χ1v) is 5.85. The monoisotopic (exact) mass is 251 g/mol. The van der Waals surface area contributed by atoms with Crippen LogP contribution in [0.3, 0.4) is 0 Å². The lowest BCUT2D eigenvalue weighted by molar-refractivity contribution is 0.272. The van der Waals surface area contributed by atoms with E-state index in [0.717, 1.165) is 11.0 Å². The van der Waals surface area contributed by atoms with E-state index in [1.54, 1.807) is 24.3 Å². The molecule has 0 amide bonds. The van der Waals surface area contributed by atoms with Crippen LogP contribution in [-0.2, 0) is 11.3 Å². The lowest BCUT2D eigenvalue weighted by Gasteiger charge is -2.09. The topological polar surface area (TPSA) is 43.0 Å². The summed E-state index contributed by atoms with van der Waals surface area (Å²) < 4.78 is 10.9. The molecule has 0 saturated carbocycles. The summed E-state index contributed by atoms with van der Waals surface area (Å²) in [7, 11) is -0.872. The van der Waals surface area contributed by atoms with Gasteiger partial charge in [0.1, 0.15) is 11.5 Å². The molecule has 1 heterocycles. The Balaban J connectivity index is 1.90. The summed E-state index contributed by atoms with van der Waals surface area (Å²) in [5, 5.41) is 9.63. The molecule has 5 heteroatoms. The lowest BCUT2D eigenvalue weighted by Crippen LogP contribution is -2.27. The highest BCUT2D eigenvalue weighted by Gasteiger charge is 2.29. The number of ether oxygens (including phenoxy) is 1. The largest absolute Gasteiger partial charge is 0.491 e. The quantitative estimate of drug-likeness (QED) is 0.657. The molecule has 0 aromatic heterocycles. The van der Waals surface area contributed by atoms with Crippen molar-refractivity contribution in [3.63, 3.8) is 0 Å². The number of benzene rings is 2. The van der Waals surface area contributed by atoms with E-state index < -0.39 is 7.12 Å².